The van der Waals surface area contributed by atoms with Gasteiger partial charge in [-0.05, 0) is 67.9 Å². The quantitative estimate of drug-likeness (QED) is 0.524. The molecule has 2 heterocycles. The van der Waals surface area contributed by atoms with Crippen LogP contribution in [-0.2, 0) is 17.8 Å². The molecule has 7 heteroatoms. The molecule has 3 rings (SSSR count). The minimum Gasteiger partial charge on any atom is -0.444 e. The van der Waals surface area contributed by atoms with Gasteiger partial charge in [0.25, 0.3) is 5.91 Å². The average molecular weight is 429 g/mol. The highest BCUT2D eigenvalue weighted by Gasteiger charge is 2.19. The van der Waals surface area contributed by atoms with Crippen LogP contribution in [-0.4, -0.2) is 22.5 Å². The SMILES string of the molecule is CC(C)(C)OC(=O)Nc1ccc(C(=O)N(Cc2cccs2)Cc2cccs2)cc1. The van der Waals surface area contributed by atoms with Crippen molar-refractivity contribution in [3.8, 4) is 0 Å². The van der Waals surface area contributed by atoms with Crippen molar-refractivity contribution in [3.63, 3.8) is 0 Å². The molecule has 1 N–H and O–H groups in total. The third kappa shape index (κ3) is 6.44. The van der Waals surface area contributed by atoms with Crippen LogP contribution >= 0.6 is 22.7 Å². The summed E-state index contributed by atoms with van der Waals surface area (Å²) < 4.78 is 5.25. The third-order valence-corrected chi connectivity index (χ3v) is 5.64. The highest BCUT2D eigenvalue weighted by atomic mass is 32.1. The van der Waals surface area contributed by atoms with E-state index in [1.807, 2.05) is 60.7 Å². The monoisotopic (exact) mass is 428 g/mol. The molecule has 0 aliphatic rings. The maximum Gasteiger partial charge on any atom is 0.412 e. The molecule has 5 nitrogen and oxygen atoms in total. The van der Waals surface area contributed by atoms with E-state index in [1.165, 1.54) is 0 Å². The van der Waals surface area contributed by atoms with Gasteiger partial charge in [-0.2, -0.15) is 0 Å². The predicted octanol–water partition coefficient (Wildman–Crippen LogP) is 6.00. The minimum absolute atomic E-state index is 0.0457. The molecule has 1 aromatic carbocycles. The minimum atomic E-state index is -0.565. The van der Waals surface area contributed by atoms with Gasteiger partial charge in [0.05, 0.1) is 13.1 Å². The van der Waals surface area contributed by atoms with Gasteiger partial charge < -0.3 is 9.64 Å². The van der Waals surface area contributed by atoms with Crippen LogP contribution in [0.1, 0.15) is 40.9 Å². The van der Waals surface area contributed by atoms with Crippen molar-refractivity contribution in [2.75, 3.05) is 5.32 Å². The Morgan fingerprint density at radius 1 is 0.931 bits per heavy atom. The molecule has 2 amide bonds. The Morgan fingerprint density at radius 2 is 1.48 bits per heavy atom. The molecule has 3 aromatic rings. The lowest BCUT2D eigenvalue weighted by Crippen LogP contribution is -2.29. The number of ether oxygens (including phenoxy) is 1. The average Bonchev–Trinajstić information content (AvgIpc) is 3.33. The predicted molar refractivity (Wildman–Crippen MR) is 119 cm³/mol. The summed E-state index contributed by atoms with van der Waals surface area (Å²) in [5, 5.41) is 6.71. The zero-order valence-electron chi connectivity index (χ0n) is 16.7. The summed E-state index contributed by atoms with van der Waals surface area (Å²) in [5.41, 5.74) is 0.594. The molecule has 0 fully saturated rings. The lowest BCUT2D eigenvalue weighted by atomic mass is 10.1. The van der Waals surface area contributed by atoms with E-state index in [0.29, 0.717) is 24.3 Å². The first kappa shape index (κ1) is 21.1. The normalized spacial score (nSPS) is 11.1. The maximum atomic E-state index is 13.1. The Balaban J connectivity index is 1.70. The number of thiophene rings is 2. The first-order valence-electron chi connectivity index (χ1n) is 9.24. The first-order chi connectivity index (χ1) is 13.8. The van der Waals surface area contributed by atoms with Crippen molar-refractivity contribution < 1.29 is 14.3 Å². The van der Waals surface area contributed by atoms with Gasteiger partial charge >= 0.3 is 6.09 Å². The highest BCUT2D eigenvalue weighted by molar-refractivity contribution is 7.10. The van der Waals surface area contributed by atoms with Gasteiger partial charge in [0.15, 0.2) is 0 Å². The molecule has 29 heavy (non-hydrogen) atoms. The maximum absolute atomic E-state index is 13.1. The van der Waals surface area contributed by atoms with E-state index in [2.05, 4.69) is 5.32 Å². The van der Waals surface area contributed by atoms with Crippen LogP contribution in [0.3, 0.4) is 0 Å². The summed E-state index contributed by atoms with van der Waals surface area (Å²) in [6.07, 6.45) is -0.520. The van der Waals surface area contributed by atoms with Crippen molar-refractivity contribution in [3.05, 3.63) is 74.6 Å². The summed E-state index contributed by atoms with van der Waals surface area (Å²) in [7, 11) is 0. The highest BCUT2D eigenvalue weighted by Crippen LogP contribution is 2.20. The smallest absolute Gasteiger partial charge is 0.412 e. The van der Waals surface area contributed by atoms with Gasteiger partial charge in [0, 0.05) is 21.0 Å². The van der Waals surface area contributed by atoms with Gasteiger partial charge in [-0.25, -0.2) is 4.79 Å². The molecule has 0 aliphatic carbocycles. The Morgan fingerprint density at radius 3 is 1.93 bits per heavy atom. The number of carbonyl (C=O) groups excluding carboxylic acids is 2. The van der Waals surface area contributed by atoms with Crippen molar-refractivity contribution in [2.24, 2.45) is 0 Å². The summed E-state index contributed by atoms with van der Waals surface area (Å²) in [5.74, 6) is -0.0457. The fourth-order valence-corrected chi connectivity index (χ4v) is 4.12. The van der Waals surface area contributed by atoms with E-state index in [0.717, 1.165) is 9.75 Å². The number of amides is 2. The summed E-state index contributed by atoms with van der Waals surface area (Å²) in [4.78, 5) is 29.2. The largest absolute Gasteiger partial charge is 0.444 e. The number of carbonyl (C=O) groups is 2. The second-order valence-electron chi connectivity index (χ2n) is 7.52. The molecule has 0 bridgehead atoms. The molecule has 0 spiro atoms. The van der Waals surface area contributed by atoms with E-state index < -0.39 is 11.7 Å². The fourth-order valence-electron chi connectivity index (χ4n) is 2.68. The number of nitrogens with one attached hydrogen (secondary N) is 1. The van der Waals surface area contributed by atoms with Crippen LogP contribution in [0.5, 0.6) is 0 Å². The molecule has 0 radical (unpaired) electrons. The molecular weight excluding hydrogens is 404 g/mol. The second kappa shape index (κ2) is 9.24. The fraction of sp³-hybridized carbons (Fsp3) is 0.273. The van der Waals surface area contributed by atoms with Crippen LogP contribution in [0.25, 0.3) is 0 Å². The first-order valence-corrected chi connectivity index (χ1v) is 11.0. The number of rotatable bonds is 6. The summed E-state index contributed by atoms with van der Waals surface area (Å²) in [6, 6.07) is 14.9. The van der Waals surface area contributed by atoms with Crippen LogP contribution in [0, 0.1) is 0 Å². The van der Waals surface area contributed by atoms with Crippen LogP contribution in [0.4, 0.5) is 10.5 Å². The zero-order chi connectivity index (χ0) is 20.9. The molecule has 0 aliphatic heterocycles. The van der Waals surface area contributed by atoms with Crippen LogP contribution in [0.15, 0.2) is 59.3 Å². The lowest BCUT2D eigenvalue weighted by Gasteiger charge is -2.22. The standard InChI is InChI=1S/C22H24N2O3S2/c1-22(2,3)27-21(26)23-17-10-8-16(9-11-17)20(25)24(14-18-6-4-12-28-18)15-19-7-5-13-29-19/h4-13H,14-15H2,1-3H3,(H,23,26). The molecule has 2 aromatic heterocycles. The van der Waals surface area contributed by atoms with Gasteiger partial charge in [-0.1, -0.05) is 12.1 Å². The van der Waals surface area contributed by atoms with E-state index in [1.54, 1.807) is 46.9 Å². The molecule has 0 unspecified atom stereocenters. The van der Waals surface area contributed by atoms with E-state index in [-0.39, 0.29) is 5.91 Å². The van der Waals surface area contributed by atoms with E-state index >= 15 is 0 Å². The van der Waals surface area contributed by atoms with Crippen molar-refractivity contribution in [1.82, 2.24) is 4.90 Å². The van der Waals surface area contributed by atoms with Crippen LogP contribution in [0.2, 0.25) is 0 Å². The topological polar surface area (TPSA) is 58.6 Å². The van der Waals surface area contributed by atoms with Crippen molar-refractivity contribution in [1.29, 1.82) is 0 Å². The van der Waals surface area contributed by atoms with Gasteiger partial charge in [-0.3, -0.25) is 10.1 Å². The second-order valence-corrected chi connectivity index (χ2v) is 9.59. The number of benzene rings is 1. The number of hydrogen-bond donors (Lipinski definition) is 1. The van der Waals surface area contributed by atoms with Crippen LogP contribution < -0.4 is 5.32 Å². The van der Waals surface area contributed by atoms with Gasteiger partial charge in [0.1, 0.15) is 5.60 Å². The summed E-state index contributed by atoms with van der Waals surface area (Å²) in [6.45, 7) is 6.55. The Bertz CT molecular complexity index is 891. The molecule has 0 saturated heterocycles. The van der Waals surface area contributed by atoms with Gasteiger partial charge in [-0.15, -0.1) is 22.7 Å². The molecule has 0 saturated carbocycles. The molecular formula is C22H24N2O3S2. The number of nitrogens with zero attached hydrogens (tertiary/aromatic N) is 1. The van der Waals surface area contributed by atoms with Crippen molar-refractivity contribution in [2.45, 2.75) is 39.5 Å². The Hall–Kier alpha value is -2.64. The Labute approximate surface area is 178 Å². The molecule has 0 atom stereocenters. The van der Waals surface area contributed by atoms with Crippen molar-refractivity contribution >= 4 is 40.4 Å². The van der Waals surface area contributed by atoms with Gasteiger partial charge in [0.2, 0.25) is 0 Å². The number of hydrogen-bond acceptors (Lipinski definition) is 5. The summed E-state index contributed by atoms with van der Waals surface area (Å²) >= 11 is 3.28. The van der Waals surface area contributed by atoms with E-state index in [9.17, 15) is 9.59 Å². The third-order valence-electron chi connectivity index (χ3n) is 3.92. The molecule has 152 valence electrons. The lowest BCUT2D eigenvalue weighted by molar-refractivity contribution is 0.0635. The number of anilines is 1. The zero-order valence-corrected chi connectivity index (χ0v) is 18.3. The van der Waals surface area contributed by atoms with E-state index in [4.69, 9.17) is 4.74 Å². The Kier molecular flexibility index (Phi) is 6.71.